The van der Waals surface area contributed by atoms with Crippen molar-refractivity contribution in [2.75, 3.05) is 45.5 Å². The molecule has 0 unspecified atom stereocenters. The summed E-state index contributed by atoms with van der Waals surface area (Å²) in [5.74, 6) is 0.0579. The molecular formula is C21H27N3O. The van der Waals surface area contributed by atoms with E-state index in [1.54, 1.807) is 0 Å². The van der Waals surface area contributed by atoms with Crippen molar-refractivity contribution in [3.8, 4) is 0 Å². The maximum absolute atomic E-state index is 12.8. The average Bonchev–Trinajstić information content (AvgIpc) is 2.65. The first kappa shape index (κ1) is 17.6. The molecular weight excluding hydrogens is 310 g/mol. The maximum atomic E-state index is 12.8. The smallest absolute Gasteiger partial charge is 0.193 e. The fraction of sp³-hybridized carbons (Fsp3) is 0.381. The molecule has 0 bridgehead atoms. The Morgan fingerprint density at radius 1 is 1.00 bits per heavy atom. The molecule has 3 rings (SSSR count). The molecule has 0 atom stereocenters. The summed E-state index contributed by atoms with van der Waals surface area (Å²) in [4.78, 5) is 17.7. The van der Waals surface area contributed by atoms with Crippen LogP contribution >= 0.6 is 0 Å². The predicted octanol–water partition coefficient (Wildman–Crippen LogP) is 2.68. The minimum absolute atomic E-state index is 0.0579. The van der Waals surface area contributed by atoms with Crippen LogP contribution in [0, 0.1) is 0 Å². The second kappa shape index (κ2) is 8.28. The highest BCUT2D eigenvalue weighted by molar-refractivity contribution is 6.10. The third-order valence-electron chi connectivity index (χ3n) is 4.99. The highest BCUT2D eigenvalue weighted by Crippen LogP contribution is 2.22. The molecule has 132 valence electrons. The molecule has 1 heterocycles. The summed E-state index contributed by atoms with van der Waals surface area (Å²) in [6.07, 6.45) is 1.86. The van der Waals surface area contributed by atoms with Crippen molar-refractivity contribution in [1.82, 2.24) is 9.80 Å². The molecule has 1 saturated heterocycles. The molecule has 0 amide bonds. The van der Waals surface area contributed by atoms with Crippen LogP contribution in [0.4, 0.5) is 5.69 Å². The number of nitrogens with two attached hydrogens (primary N) is 1. The van der Waals surface area contributed by atoms with Gasteiger partial charge in [0.05, 0.1) is 0 Å². The van der Waals surface area contributed by atoms with Gasteiger partial charge in [-0.2, -0.15) is 0 Å². The van der Waals surface area contributed by atoms with Crippen molar-refractivity contribution in [2.45, 2.75) is 12.8 Å². The lowest BCUT2D eigenvalue weighted by atomic mass is 9.94. The predicted molar refractivity (Wildman–Crippen MR) is 103 cm³/mol. The van der Waals surface area contributed by atoms with Gasteiger partial charge in [-0.1, -0.05) is 42.5 Å². The van der Waals surface area contributed by atoms with Crippen LogP contribution in [0.3, 0.4) is 0 Å². The van der Waals surface area contributed by atoms with E-state index in [0.717, 1.165) is 62.4 Å². The fourth-order valence-corrected chi connectivity index (χ4v) is 3.39. The Morgan fingerprint density at radius 3 is 2.44 bits per heavy atom. The zero-order chi connectivity index (χ0) is 17.6. The summed E-state index contributed by atoms with van der Waals surface area (Å²) in [6.45, 7) is 5.56. The van der Waals surface area contributed by atoms with Gasteiger partial charge in [-0.15, -0.1) is 0 Å². The summed E-state index contributed by atoms with van der Waals surface area (Å²) in [6, 6.07) is 15.1. The van der Waals surface area contributed by atoms with E-state index < -0.39 is 0 Å². The van der Waals surface area contributed by atoms with Crippen LogP contribution < -0.4 is 5.73 Å². The van der Waals surface area contributed by atoms with Crippen LogP contribution in [0.5, 0.6) is 0 Å². The second-order valence-electron chi connectivity index (χ2n) is 6.82. The molecule has 25 heavy (non-hydrogen) atoms. The van der Waals surface area contributed by atoms with Gasteiger partial charge >= 0.3 is 0 Å². The zero-order valence-corrected chi connectivity index (χ0v) is 14.9. The monoisotopic (exact) mass is 337 g/mol. The lowest BCUT2D eigenvalue weighted by Gasteiger charge is -2.32. The molecule has 2 aromatic rings. The van der Waals surface area contributed by atoms with Gasteiger partial charge in [0.2, 0.25) is 0 Å². The van der Waals surface area contributed by atoms with Gasteiger partial charge in [-0.3, -0.25) is 4.79 Å². The van der Waals surface area contributed by atoms with E-state index in [-0.39, 0.29) is 5.78 Å². The van der Waals surface area contributed by atoms with Crippen LogP contribution in [0.25, 0.3) is 0 Å². The molecule has 1 aliphatic heterocycles. The number of likely N-dealkylation sites (N-methyl/N-ethyl adjacent to an activating group) is 1. The lowest BCUT2D eigenvalue weighted by Crippen LogP contribution is -2.44. The molecule has 1 aliphatic rings. The molecule has 4 nitrogen and oxygen atoms in total. The number of hydrogen-bond acceptors (Lipinski definition) is 4. The summed E-state index contributed by atoms with van der Waals surface area (Å²) in [5, 5.41) is 0. The Balaban J connectivity index is 1.68. The number of carbonyl (C=O) groups excluding carboxylic acids is 1. The Kier molecular flexibility index (Phi) is 5.84. The van der Waals surface area contributed by atoms with E-state index in [0.29, 0.717) is 5.56 Å². The number of benzene rings is 2. The van der Waals surface area contributed by atoms with E-state index in [1.165, 1.54) is 0 Å². The number of carbonyl (C=O) groups is 1. The highest BCUT2D eigenvalue weighted by Gasteiger charge is 2.17. The van der Waals surface area contributed by atoms with Crippen LogP contribution in [0.15, 0.2) is 48.5 Å². The number of nitrogen functional groups attached to an aromatic ring is 1. The van der Waals surface area contributed by atoms with Crippen molar-refractivity contribution in [3.05, 3.63) is 65.2 Å². The van der Waals surface area contributed by atoms with Crippen molar-refractivity contribution in [1.29, 1.82) is 0 Å². The van der Waals surface area contributed by atoms with E-state index in [1.807, 2.05) is 48.5 Å². The molecule has 4 heteroatoms. The minimum atomic E-state index is 0.0579. The number of nitrogens with zero attached hydrogens (tertiary/aromatic N) is 2. The van der Waals surface area contributed by atoms with Gasteiger partial charge in [0.15, 0.2) is 5.78 Å². The standard InChI is InChI=1S/C21H27N3O/c1-23-13-15-24(16-14-23)12-6-10-18-19(9-5-11-20(18)22)21(25)17-7-3-2-4-8-17/h2-5,7-9,11H,6,10,12-16,22H2,1H3. The van der Waals surface area contributed by atoms with Gasteiger partial charge < -0.3 is 15.5 Å². The first-order valence-corrected chi connectivity index (χ1v) is 9.03. The number of hydrogen-bond donors (Lipinski definition) is 1. The number of rotatable bonds is 6. The van der Waals surface area contributed by atoms with Crippen LogP contribution in [0.1, 0.15) is 27.9 Å². The molecule has 0 aromatic heterocycles. The molecule has 1 fully saturated rings. The van der Waals surface area contributed by atoms with E-state index >= 15 is 0 Å². The Bertz CT molecular complexity index is 706. The first-order chi connectivity index (χ1) is 12.1. The fourth-order valence-electron chi connectivity index (χ4n) is 3.39. The summed E-state index contributed by atoms with van der Waals surface area (Å²) in [7, 11) is 2.17. The maximum Gasteiger partial charge on any atom is 0.193 e. The Hall–Kier alpha value is -2.17. The van der Waals surface area contributed by atoms with Gasteiger partial charge in [-0.05, 0) is 38.1 Å². The van der Waals surface area contributed by atoms with Crippen molar-refractivity contribution < 1.29 is 4.79 Å². The zero-order valence-electron chi connectivity index (χ0n) is 14.9. The van der Waals surface area contributed by atoms with E-state index in [4.69, 9.17) is 5.73 Å². The summed E-state index contributed by atoms with van der Waals surface area (Å²) in [5.41, 5.74) is 9.37. The minimum Gasteiger partial charge on any atom is -0.398 e. The van der Waals surface area contributed by atoms with Gasteiger partial charge in [0.25, 0.3) is 0 Å². The average molecular weight is 337 g/mol. The third kappa shape index (κ3) is 4.47. The normalized spacial score (nSPS) is 16.0. The molecule has 0 aliphatic carbocycles. The van der Waals surface area contributed by atoms with Crippen molar-refractivity contribution in [2.24, 2.45) is 0 Å². The number of ketones is 1. The first-order valence-electron chi connectivity index (χ1n) is 9.03. The number of anilines is 1. The van der Waals surface area contributed by atoms with Gasteiger partial charge in [0, 0.05) is 43.0 Å². The summed E-state index contributed by atoms with van der Waals surface area (Å²) < 4.78 is 0. The second-order valence-corrected chi connectivity index (χ2v) is 6.82. The van der Waals surface area contributed by atoms with Crippen LogP contribution in [-0.4, -0.2) is 55.4 Å². The molecule has 2 N–H and O–H groups in total. The van der Waals surface area contributed by atoms with Crippen LogP contribution in [-0.2, 0) is 6.42 Å². The van der Waals surface area contributed by atoms with Crippen molar-refractivity contribution in [3.63, 3.8) is 0 Å². The quantitative estimate of drug-likeness (QED) is 0.650. The third-order valence-corrected chi connectivity index (χ3v) is 4.99. The largest absolute Gasteiger partial charge is 0.398 e. The Labute approximate surface area is 150 Å². The lowest BCUT2D eigenvalue weighted by molar-refractivity contribution is 0.103. The van der Waals surface area contributed by atoms with Gasteiger partial charge in [0.1, 0.15) is 0 Å². The SMILES string of the molecule is CN1CCN(CCCc2c(N)cccc2C(=O)c2ccccc2)CC1. The molecule has 0 radical (unpaired) electrons. The molecule has 2 aromatic carbocycles. The van der Waals surface area contributed by atoms with E-state index in [9.17, 15) is 4.79 Å². The highest BCUT2D eigenvalue weighted by atomic mass is 16.1. The summed E-state index contributed by atoms with van der Waals surface area (Å²) >= 11 is 0. The number of piperazine rings is 1. The van der Waals surface area contributed by atoms with Gasteiger partial charge in [-0.25, -0.2) is 0 Å². The van der Waals surface area contributed by atoms with Crippen LogP contribution in [0.2, 0.25) is 0 Å². The van der Waals surface area contributed by atoms with Crippen molar-refractivity contribution >= 4 is 11.5 Å². The Morgan fingerprint density at radius 2 is 1.72 bits per heavy atom. The van der Waals surface area contributed by atoms with E-state index in [2.05, 4.69) is 16.8 Å². The molecule has 0 saturated carbocycles. The topological polar surface area (TPSA) is 49.6 Å². The molecule has 0 spiro atoms.